The maximum Gasteiger partial charge on any atom is 0.0332 e. The molecule has 0 atom stereocenters. The van der Waals surface area contributed by atoms with Crippen LogP contribution < -0.4 is 5.73 Å². The minimum atomic E-state index is 0.212. The van der Waals surface area contributed by atoms with Crippen molar-refractivity contribution in [2.45, 2.75) is 58.5 Å². The van der Waals surface area contributed by atoms with Crippen molar-refractivity contribution in [3.63, 3.8) is 0 Å². The predicted octanol–water partition coefficient (Wildman–Crippen LogP) is 4.11. The Balaban J connectivity index is 2.01. The van der Waals surface area contributed by atoms with Crippen molar-refractivity contribution >= 4 is 11.3 Å². The van der Waals surface area contributed by atoms with Crippen LogP contribution in [0.25, 0.3) is 0 Å². The van der Waals surface area contributed by atoms with Crippen molar-refractivity contribution in [1.82, 2.24) is 4.90 Å². The highest BCUT2D eigenvalue weighted by Crippen LogP contribution is 2.43. The number of hydrogen-bond donors (Lipinski definition) is 1. The van der Waals surface area contributed by atoms with Gasteiger partial charge >= 0.3 is 0 Å². The Bertz CT molecular complexity index is 397. The highest BCUT2D eigenvalue weighted by Gasteiger charge is 2.40. The molecule has 0 spiro atoms. The van der Waals surface area contributed by atoms with Crippen LogP contribution in [0.3, 0.4) is 0 Å². The molecule has 3 heteroatoms. The number of likely N-dealkylation sites (N-methyl/N-ethyl adjacent to an activating group) is 1. The summed E-state index contributed by atoms with van der Waals surface area (Å²) in [7, 11) is 2.25. The van der Waals surface area contributed by atoms with Crippen molar-refractivity contribution in [2.75, 3.05) is 13.6 Å². The molecule has 0 unspecified atom stereocenters. The first-order valence-electron chi connectivity index (χ1n) is 7.80. The molecule has 2 nitrogen and oxygen atoms in total. The van der Waals surface area contributed by atoms with E-state index >= 15 is 0 Å². The van der Waals surface area contributed by atoms with Crippen LogP contribution in [0.5, 0.6) is 0 Å². The summed E-state index contributed by atoms with van der Waals surface area (Å²) in [6.07, 6.45) is 5.11. The zero-order chi connectivity index (χ0) is 14.8. The normalized spacial score (nSPS) is 28.0. The monoisotopic (exact) mass is 294 g/mol. The summed E-state index contributed by atoms with van der Waals surface area (Å²) in [6, 6.07) is 2.23. The Labute approximate surface area is 128 Å². The lowest BCUT2D eigenvalue weighted by atomic mass is 9.67. The summed E-state index contributed by atoms with van der Waals surface area (Å²) in [5.41, 5.74) is 8.25. The third-order valence-electron chi connectivity index (χ3n) is 5.33. The molecule has 1 aliphatic carbocycles. The SMILES string of the molecule is CN(Cc1ccsc1)C1(CN)CCC(C(C)(C)C)CC1. The Morgan fingerprint density at radius 2 is 2.00 bits per heavy atom. The lowest BCUT2D eigenvalue weighted by Crippen LogP contribution is -2.54. The molecule has 1 aromatic rings. The Kier molecular flexibility index (Phi) is 4.93. The van der Waals surface area contributed by atoms with Gasteiger partial charge in [0.15, 0.2) is 0 Å². The first kappa shape index (κ1) is 16.0. The van der Waals surface area contributed by atoms with Gasteiger partial charge in [-0.3, -0.25) is 4.90 Å². The minimum absolute atomic E-state index is 0.212. The highest BCUT2D eigenvalue weighted by atomic mass is 32.1. The van der Waals surface area contributed by atoms with E-state index in [0.717, 1.165) is 19.0 Å². The fourth-order valence-electron chi connectivity index (χ4n) is 3.59. The van der Waals surface area contributed by atoms with Gasteiger partial charge in [-0.05, 0) is 66.5 Å². The van der Waals surface area contributed by atoms with Crippen molar-refractivity contribution in [3.05, 3.63) is 22.4 Å². The second-order valence-corrected chi connectivity index (χ2v) is 8.34. The fourth-order valence-corrected chi connectivity index (χ4v) is 4.25. The highest BCUT2D eigenvalue weighted by molar-refractivity contribution is 7.07. The summed E-state index contributed by atoms with van der Waals surface area (Å²) in [4.78, 5) is 2.51. The molecule has 1 saturated carbocycles. The molecule has 0 saturated heterocycles. The topological polar surface area (TPSA) is 29.3 Å². The van der Waals surface area contributed by atoms with Crippen LogP contribution in [0.1, 0.15) is 52.0 Å². The first-order valence-corrected chi connectivity index (χ1v) is 8.74. The molecule has 1 fully saturated rings. The van der Waals surface area contributed by atoms with Gasteiger partial charge in [-0.15, -0.1) is 0 Å². The third-order valence-corrected chi connectivity index (χ3v) is 6.06. The van der Waals surface area contributed by atoms with E-state index in [1.54, 1.807) is 11.3 Å². The van der Waals surface area contributed by atoms with Crippen molar-refractivity contribution < 1.29 is 0 Å². The number of rotatable bonds is 4. The van der Waals surface area contributed by atoms with E-state index in [4.69, 9.17) is 5.73 Å². The van der Waals surface area contributed by atoms with Crippen LogP contribution in [0.15, 0.2) is 16.8 Å². The summed E-state index contributed by atoms with van der Waals surface area (Å²) < 4.78 is 0. The molecule has 0 bridgehead atoms. The van der Waals surface area contributed by atoms with Gasteiger partial charge in [0.05, 0.1) is 0 Å². The van der Waals surface area contributed by atoms with Gasteiger partial charge in [0.25, 0.3) is 0 Å². The predicted molar refractivity (Wildman–Crippen MR) is 89.0 cm³/mol. The van der Waals surface area contributed by atoms with E-state index in [2.05, 4.69) is 49.5 Å². The third kappa shape index (κ3) is 3.44. The second-order valence-electron chi connectivity index (χ2n) is 7.56. The molecule has 1 heterocycles. The average Bonchev–Trinajstić information content (AvgIpc) is 2.90. The lowest BCUT2D eigenvalue weighted by molar-refractivity contribution is 0.0335. The van der Waals surface area contributed by atoms with Gasteiger partial charge in [-0.25, -0.2) is 0 Å². The second kappa shape index (κ2) is 6.17. The van der Waals surface area contributed by atoms with Crippen LogP contribution in [0.4, 0.5) is 0 Å². The Morgan fingerprint density at radius 3 is 2.45 bits per heavy atom. The molecule has 2 N–H and O–H groups in total. The molecule has 0 radical (unpaired) electrons. The van der Waals surface area contributed by atoms with Crippen LogP contribution >= 0.6 is 11.3 Å². The molecule has 114 valence electrons. The van der Waals surface area contributed by atoms with E-state index < -0.39 is 0 Å². The van der Waals surface area contributed by atoms with Gasteiger partial charge in [0.2, 0.25) is 0 Å². The van der Waals surface area contributed by atoms with Gasteiger partial charge in [-0.1, -0.05) is 20.8 Å². The van der Waals surface area contributed by atoms with Crippen molar-refractivity contribution in [2.24, 2.45) is 17.1 Å². The molecule has 0 aromatic carbocycles. The van der Waals surface area contributed by atoms with Gasteiger partial charge in [-0.2, -0.15) is 11.3 Å². The zero-order valence-corrected chi connectivity index (χ0v) is 14.3. The standard InChI is InChI=1S/C17H30N2S/c1-16(2,3)15-5-8-17(13-18,9-6-15)19(4)11-14-7-10-20-12-14/h7,10,12,15H,5-6,8-9,11,13,18H2,1-4H3. The molecule has 20 heavy (non-hydrogen) atoms. The maximum absolute atomic E-state index is 6.18. The average molecular weight is 295 g/mol. The molecule has 0 amide bonds. The number of hydrogen-bond acceptors (Lipinski definition) is 3. The molecular formula is C17H30N2S. The van der Waals surface area contributed by atoms with Gasteiger partial charge < -0.3 is 5.73 Å². The molecule has 2 rings (SSSR count). The van der Waals surface area contributed by atoms with Crippen LogP contribution in [0.2, 0.25) is 0 Å². The fraction of sp³-hybridized carbons (Fsp3) is 0.765. The van der Waals surface area contributed by atoms with Gasteiger partial charge in [0, 0.05) is 18.6 Å². The first-order chi connectivity index (χ1) is 9.37. The summed E-state index contributed by atoms with van der Waals surface area (Å²) >= 11 is 1.78. The number of nitrogens with zero attached hydrogens (tertiary/aromatic N) is 1. The molecule has 0 aliphatic heterocycles. The maximum atomic E-state index is 6.18. The summed E-state index contributed by atoms with van der Waals surface area (Å²) in [5, 5.41) is 4.41. The van der Waals surface area contributed by atoms with Crippen LogP contribution in [-0.4, -0.2) is 24.0 Å². The van der Waals surface area contributed by atoms with Crippen LogP contribution in [0, 0.1) is 11.3 Å². The summed E-state index contributed by atoms with van der Waals surface area (Å²) in [5.74, 6) is 0.844. The summed E-state index contributed by atoms with van der Waals surface area (Å²) in [6.45, 7) is 8.94. The number of nitrogens with two attached hydrogens (primary N) is 1. The molecule has 1 aliphatic rings. The Hall–Kier alpha value is -0.380. The quantitative estimate of drug-likeness (QED) is 0.905. The number of thiophene rings is 1. The Morgan fingerprint density at radius 1 is 1.35 bits per heavy atom. The molecular weight excluding hydrogens is 264 g/mol. The largest absolute Gasteiger partial charge is 0.329 e. The van der Waals surface area contributed by atoms with E-state index in [1.807, 2.05) is 0 Å². The van der Waals surface area contributed by atoms with E-state index in [0.29, 0.717) is 5.41 Å². The van der Waals surface area contributed by atoms with E-state index in [-0.39, 0.29) is 5.54 Å². The van der Waals surface area contributed by atoms with Crippen LogP contribution in [-0.2, 0) is 6.54 Å². The van der Waals surface area contributed by atoms with E-state index in [1.165, 1.54) is 31.2 Å². The minimum Gasteiger partial charge on any atom is -0.329 e. The zero-order valence-electron chi connectivity index (χ0n) is 13.5. The van der Waals surface area contributed by atoms with E-state index in [9.17, 15) is 0 Å². The van der Waals surface area contributed by atoms with Crippen molar-refractivity contribution in [3.8, 4) is 0 Å². The van der Waals surface area contributed by atoms with Gasteiger partial charge in [0.1, 0.15) is 0 Å². The van der Waals surface area contributed by atoms with Crippen molar-refractivity contribution in [1.29, 1.82) is 0 Å². The molecule has 1 aromatic heterocycles. The lowest BCUT2D eigenvalue weighted by Gasteiger charge is -2.48. The smallest absolute Gasteiger partial charge is 0.0332 e.